The van der Waals surface area contributed by atoms with Crippen molar-refractivity contribution >= 4 is 22.4 Å². The number of ether oxygens (including phenoxy) is 1. The number of carbonyl (C=O) groups excluding carboxylic acids is 1. The number of para-hydroxylation sites is 1. The predicted molar refractivity (Wildman–Crippen MR) is 102 cm³/mol. The van der Waals surface area contributed by atoms with Crippen LogP contribution >= 0.6 is 11.3 Å². The molecule has 0 aliphatic heterocycles. The molecule has 0 saturated heterocycles. The Balaban J connectivity index is 1.68. The summed E-state index contributed by atoms with van der Waals surface area (Å²) in [5.74, 6) is 0.398. The molecule has 2 aromatic carbocycles. The fourth-order valence-corrected chi connectivity index (χ4v) is 3.24. The van der Waals surface area contributed by atoms with Gasteiger partial charge in [0.15, 0.2) is 5.13 Å². The van der Waals surface area contributed by atoms with Gasteiger partial charge in [0, 0.05) is 17.5 Å². The molecular formula is C20H20N2O2S. The molecule has 25 heavy (non-hydrogen) atoms. The van der Waals surface area contributed by atoms with Crippen LogP contribution in [0.25, 0.3) is 0 Å². The number of nitrogens with zero attached hydrogens (tertiary/aromatic N) is 1. The fraction of sp³-hybridized carbons (Fsp3) is 0.200. The number of aromatic nitrogens is 1. The Hall–Kier alpha value is -2.66. The highest BCUT2D eigenvalue weighted by molar-refractivity contribution is 7.15. The Morgan fingerprint density at radius 2 is 1.88 bits per heavy atom. The largest absolute Gasteiger partial charge is 0.493 e. The normalized spacial score (nSPS) is 10.4. The lowest BCUT2D eigenvalue weighted by atomic mass is 10.1. The van der Waals surface area contributed by atoms with E-state index >= 15 is 0 Å². The molecule has 0 bridgehead atoms. The number of hydrogen-bond donors (Lipinski definition) is 1. The van der Waals surface area contributed by atoms with E-state index in [4.69, 9.17) is 4.74 Å². The Bertz CT molecular complexity index is 830. The molecule has 0 spiro atoms. The monoisotopic (exact) mass is 352 g/mol. The molecule has 128 valence electrons. The van der Waals surface area contributed by atoms with Gasteiger partial charge in [-0.25, -0.2) is 4.98 Å². The molecule has 3 rings (SSSR count). The second-order valence-electron chi connectivity index (χ2n) is 5.59. The second kappa shape index (κ2) is 8.44. The van der Waals surface area contributed by atoms with Crippen molar-refractivity contribution in [1.82, 2.24) is 4.98 Å². The third kappa shape index (κ3) is 4.67. The quantitative estimate of drug-likeness (QED) is 0.666. The highest BCUT2D eigenvalue weighted by atomic mass is 32.1. The van der Waals surface area contributed by atoms with E-state index in [1.807, 2.05) is 49.5 Å². The van der Waals surface area contributed by atoms with Crippen LogP contribution in [0.3, 0.4) is 0 Å². The summed E-state index contributed by atoms with van der Waals surface area (Å²) < 4.78 is 5.65. The number of rotatable bonds is 7. The van der Waals surface area contributed by atoms with Crippen LogP contribution in [0.2, 0.25) is 0 Å². The molecule has 0 atom stereocenters. The topological polar surface area (TPSA) is 51.2 Å². The van der Waals surface area contributed by atoms with Crippen molar-refractivity contribution in [3.05, 3.63) is 76.8 Å². The molecule has 0 aliphatic carbocycles. The first-order chi connectivity index (χ1) is 12.3. The zero-order valence-corrected chi connectivity index (χ0v) is 14.9. The van der Waals surface area contributed by atoms with Crippen molar-refractivity contribution in [2.24, 2.45) is 0 Å². The van der Waals surface area contributed by atoms with Gasteiger partial charge in [-0.15, -0.1) is 11.3 Å². The van der Waals surface area contributed by atoms with Gasteiger partial charge in [0.05, 0.1) is 12.2 Å². The first kappa shape index (κ1) is 17.2. The van der Waals surface area contributed by atoms with Gasteiger partial charge in [-0.2, -0.15) is 0 Å². The summed E-state index contributed by atoms with van der Waals surface area (Å²) in [4.78, 5) is 18.0. The van der Waals surface area contributed by atoms with E-state index in [1.165, 1.54) is 16.9 Å². The van der Waals surface area contributed by atoms with Crippen molar-refractivity contribution in [3.63, 3.8) is 0 Å². The van der Waals surface area contributed by atoms with E-state index in [9.17, 15) is 4.79 Å². The standard InChI is InChI=1S/C20H20N2O2S/c1-2-12-24-18-11-7-6-10-17(18)19(23)22-20-21-14-16(25-20)13-15-8-4-3-5-9-15/h3-11,14H,2,12-13H2,1H3,(H,21,22,23). The van der Waals surface area contributed by atoms with E-state index in [1.54, 1.807) is 6.07 Å². The Kier molecular flexibility index (Phi) is 5.80. The van der Waals surface area contributed by atoms with E-state index in [2.05, 4.69) is 22.4 Å². The molecule has 0 radical (unpaired) electrons. The third-order valence-corrected chi connectivity index (χ3v) is 4.50. The summed E-state index contributed by atoms with van der Waals surface area (Å²) in [6.45, 7) is 2.62. The van der Waals surface area contributed by atoms with Crippen LogP contribution in [0.4, 0.5) is 5.13 Å². The molecule has 0 aliphatic rings. The Morgan fingerprint density at radius 3 is 2.68 bits per heavy atom. The molecule has 0 unspecified atom stereocenters. The highest BCUT2D eigenvalue weighted by Crippen LogP contribution is 2.24. The number of amides is 1. The zero-order valence-electron chi connectivity index (χ0n) is 14.1. The van der Waals surface area contributed by atoms with Crippen LogP contribution < -0.4 is 10.1 Å². The molecule has 1 heterocycles. The SMILES string of the molecule is CCCOc1ccccc1C(=O)Nc1ncc(Cc2ccccc2)s1. The first-order valence-corrected chi connectivity index (χ1v) is 9.09. The van der Waals surface area contributed by atoms with E-state index in [0.717, 1.165) is 17.7 Å². The minimum atomic E-state index is -0.202. The van der Waals surface area contributed by atoms with Crippen LogP contribution in [-0.2, 0) is 6.42 Å². The first-order valence-electron chi connectivity index (χ1n) is 8.28. The number of nitrogens with one attached hydrogen (secondary N) is 1. The van der Waals surface area contributed by atoms with Crippen molar-refractivity contribution < 1.29 is 9.53 Å². The molecule has 3 aromatic rings. The lowest BCUT2D eigenvalue weighted by Gasteiger charge is -2.09. The van der Waals surface area contributed by atoms with Gasteiger partial charge < -0.3 is 4.74 Å². The molecule has 0 saturated carbocycles. The Morgan fingerprint density at radius 1 is 1.12 bits per heavy atom. The van der Waals surface area contributed by atoms with Crippen molar-refractivity contribution in [2.45, 2.75) is 19.8 Å². The van der Waals surface area contributed by atoms with Crippen molar-refractivity contribution in [2.75, 3.05) is 11.9 Å². The molecular weight excluding hydrogens is 332 g/mol. The predicted octanol–water partition coefficient (Wildman–Crippen LogP) is 4.78. The van der Waals surface area contributed by atoms with Crippen molar-refractivity contribution in [1.29, 1.82) is 0 Å². The van der Waals surface area contributed by atoms with Crippen LogP contribution in [0.5, 0.6) is 5.75 Å². The number of hydrogen-bond acceptors (Lipinski definition) is 4. The molecule has 4 nitrogen and oxygen atoms in total. The number of anilines is 1. The molecule has 5 heteroatoms. The van der Waals surface area contributed by atoms with Gasteiger partial charge in [0.25, 0.3) is 5.91 Å². The molecule has 1 aromatic heterocycles. The third-order valence-electron chi connectivity index (χ3n) is 3.59. The molecule has 0 fully saturated rings. The minimum Gasteiger partial charge on any atom is -0.493 e. The summed E-state index contributed by atoms with van der Waals surface area (Å²) >= 11 is 1.49. The summed E-state index contributed by atoms with van der Waals surface area (Å²) in [6.07, 6.45) is 3.52. The van der Waals surface area contributed by atoms with Crippen LogP contribution in [-0.4, -0.2) is 17.5 Å². The van der Waals surface area contributed by atoms with Gasteiger partial charge in [-0.3, -0.25) is 10.1 Å². The van der Waals surface area contributed by atoms with Gasteiger partial charge in [-0.1, -0.05) is 49.4 Å². The van der Waals surface area contributed by atoms with Gasteiger partial charge >= 0.3 is 0 Å². The maximum atomic E-state index is 12.5. The van der Waals surface area contributed by atoms with E-state index in [0.29, 0.717) is 23.1 Å². The lowest BCUT2D eigenvalue weighted by Crippen LogP contribution is -2.13. The van der Waals surface area contributed by atoms with Gasteiger partial charge in [-0.05, 0) is 24.1 Å². The van der Waals surface area contributed by atoms with Crippen LogP contribution in [0, 0.1) is 0 Å². The lowest BCUT2D eigenvalue weighted by molar-refractivity contribution is 0.102. The summed E-state index contributed by atoms with van der Waals surface area (Å²) in [5, 5.41) is 3.47. The minimum absolute atomic E-state index is 0.202. The maximum Gasteiger partial charge on any atom is 0.261 e. The van der Waals surface area contributed by atoms with E-state index < -0.39 is 0 Å². The smallest absolute Gasteiger partial charge is 0.261 e. The number of benzene rings is 2. The zero-order chi connectivity index (χ0) is 17.5. The summed E-state index contributed by atoms with van der Waals surface area (Å²) in [5.41, 5.74) is 1.75. The summed E-state index contributed by atoms with van der Waals surface area (Å²) in [6, 6.07) is 17.5. The molecule has 1 N–H and O–H groups in total. The molecule has 1 amide bonds. The van der Waals surface area contributed by atoms with Crippen LogP contribution in [0.1, 0.15) is 34.1 Å². The van der Waals surface area contributed by atoms with Crippen molar-refractivity contribution in [3.8, 4) is 5.75 Å². The average molecular weight is 352 g/mol. The average Bonchev–Trinajstić information content (AvgIpc) is 3.07. The van der Waals surface area contributed by atoms with Gasteiger partial charge in [0.2, 0.25) is 0 Å². The fourth-order valence-electron chi connectivity index (χ4n) is 2.40. The van der Waals surface area contributed by atoms with E-state index in [-0.39, 0.29) is 5.91 Å². The number of thiazole rings is 1. The second-order valence-corrected chi connectivity index (χ2v) is 6.71. The summed E-state index contributed by atoms with van der Waals surface area (Å²) in [7, 11) is 0. The number of carbonyl (C=O) groups is 1. The highest BCUT2D eigenvalue weighted by Gasteiger charge is 2.14. The van der Waals surface area contributed by atoms with Gasteiger partial charge in [0.1, 0.15) is 5.75 Å². The van der Waals surface area contributed by atoms with Crippen LogP contribution in [0.15, 0.2) is 60.8 Å². The Labute approximate surface area is 151 Å². The maximum absolute atomic E-state index is 12.5.